The number of nitrogens with zero attached hydrogens (tertiary/aromatic N) is 1. The third kappa shape index (κ3) is 3.37. The van der Waals surface area contributed by atoms with Crippen LogP contribution >= 0.6 is 0 Å². The van der Waals surface area contributed by atoms with Gasteiger partial charge in [0.25, 0.3) is 5.69 Å². The Morgan fingerprint density at radius 3 is 2.57 bits per heavy atom. The first-order valence-electron chi connectivity index (χ1n) is 6.22. The Bertz CT molecular complexity index is 696. The maximum Gasteiger partial charge on any atom is 0.322 e. The van der Waals surface area contributed by atoms with Crippen LogP contribution in [0.3, 0.4) is 0 Å². The lowest BCUT2D eigenvalue weighted by Gasteiger charge is -2.15. The predicted octanol–water partition coefficient (Wildman–Crippen LogP) is 1.04. The van der Waals surface area contributed by atoms with Gasteiger partial charge in [-0.3, -0.25) is 14.9 Å². The van der Waals surface area contributed by atoms with E-state index in [1.54, 1.807) is 0 Å². The summed E-state index contributed by atoms with van der Waals surface area (Å²) in [5.74, 6) is -1.47. The van der Waals surface area contributed by atoms with Gasteiger partial charge in [0.1, 0.15) is 6.04 Å². The molecule has 0 aromatic heterocycles. The van der Waals surface area contributed by atoms with Crippen molar-refractivity contribution in [2.45, 2.75) is 30.7 Å². The molecule has 0 spiro atoms. The van der Waals surface area contributed by atoms with Gasteiger partial charge in [-0.1, -0.05) is 6.07 Å². The SMILES string of the molecule is Cc1ccc([N+](=O)[O-])cc1S(=O)(=O)NC(C(=O)O)C1CC1. The van der Waals surface area contributed by atoms with Gasteiger partial charge in [-0.05, 0) is 31.2 Å². The van der Waals surface area contributed by atoms with E-state index < -0.39 is 27.0 Å². The minimum Gasteiger partial charge on any atom is -0.480 e. The second-order valence-corrected chi connectivity index (χ2v) is 6.66. The van der Waals surface area contributed by atoms with Crippen LogP contribution in [0.1, 0.15) is 18.4 Å². The van der Waals surface area contributed by atoms with Gasteiger partial charge in [-0.15, -0.1) is 0 Å². The van der Waals surface area contributed by atoms with Crippen LogP contribution in [0.2, 0.25) is 0 Å². The van der Waals surface area contributed by atoms with Crippen molar-refractivity contribution in [2.24, 2.45) is 5.92 Å². The van der Waals surface area contributed by atoms with Gasteiger partial charge in [-0.25, -0.2) is 8.42 Å². The second kappa shape index (κ2) is 5.41. The molecule has 0 radical (unpaired) electrons. The van der Waals surface area contributed by atoms with E-state index in [2.05, 4.69) is 4.72 Å². The average Bonchev–Trinajstić information content (AvgIpc) is 3.19. The molecule has 1 aliphatic carbocycles. The molecule has 0 saturated heterocycles. The van der Waals surface area contributed by atoms with Gasteiger partial charge in [0.2, 0.25) is 10.0 Å². The number of rotatable bonds is 6. The summed E-state index contributed by atoms with van der Waals surface area (Å²) in [6.07, 6.45) is 1.29. The Morgan fingerprint density at radius 2 is 2.10 bits per heavy atom. The molecule has 21 heavy (non-hydrogen) atoms. The molecule has 0 bridgehead atoms. The van der Waals surface area contributed by atoms with E-state index in [1.165, 1.54) is 19.1 Å². The summed E-state index contributed by atoms with van der Waals surface area (Å²) in [5.41, 5.74) is -0.0488. The summed E-state index contributed by atoms with van der Waals surface area (Å²) < 4.78 is 26.7. The van der Waals surface area contributed by atoms with E-state index >= 15 is 0 Å². The first kappa shape index (κ1) is 15.4. The van der Waals surface area contributed by atoms with Gasteiger partial charge >= 0.3 is 5.97 Å². The number of nitrogens with one attached hydrogen (secondary N) is 1. The molecule has 114 valence electrons. The maximum atomic E-state index is 12.3. The number of carboxylic acids is 1. The first-order valence-corrected chi connectivity index (χ1v) is 7.71. The van der Waals surface area contributed by atoms with Crippen LogP contribution in [0.5, 0.6) is 0 Å². The molecule has 8 nitrogen and oxygen atoms in total. The fraction of sp³-hybridized carbons (Fsp3) is 0.417. The Morgan fingerprint density at radius 1 is 1.48 bits per heavy atom. The molecule has 1 saturated carbocycles. The molecule has 1 aliphatic rings. The number of benzene rings is 1. The lowest BCUT2D eigenvalue weighted by atomic mass is 10.2. The Hall–Kier alpha value is -2.00. The molecular formula is C12H14N2O6S. The van der Waals surface area contributed by atoms with E-state index in [1.807, 2.05) is 0 Å². The van der Waals surface area contributed by atoms with Gasteiger partial charge in [0.15, 0.2) is 0 Å². The fourth-order valence-corrected chi connectivity index (χ4v) is 3.52. The topological polar surface area (TPSA) is 127 Å². The number of carbonyl (C=O) groups is 1. The number of carboxylic acid groups (broad SMARTS) is 1. The molecule has 2 rings (SSSR count). The molecular weight excluding hydrogens is 300 g/mol. The standard InChI is InChI=1S/C12H14N2O6S/c1-7-2-5-9(14(17)18)6-10(7)21(19,20)13-11(12(15)16)8-3-4-8/h2,5-6,8,11,13H,3-4H2,1H3,(H,15,16). The van der Waals surface area contributed by atoms with Crippen molar-refractivity contribution in [1.29, 1.82) is 0 Å². The lowest BCUT2D eigenvalue weighted by Crippen LogP contribution is -2.42. The third-order valence-corrected chi connectivity index (χ3v) is 4.90. The summed E-state index contributed by atoms with van der Waals surface area (Å²) in [6, 6.07) is 2.25. The smallest absolute Gasteiger partial charge is 0.322 e. The summed E-state index contributed by atoms with van der Waals surface area (Å²) in [5, 5.41) is 19.8. The molecule has 9 heteroatoms. The molecule has 1 fully saturated rings. The van der Waals surface area contributed by atoms with Crippen LogP contribution in [-0.2, 0) is 14.8 Å². The van der Waals surface area contributed by atoms with Crippen LogP contribution in [0.4, 0.5) is 5.69 Å². The van der Waals surface area contributed by atoms with E-state index in [4.69, 9.17) is 5.11 Å². The number of sulfonamides is 1. The van der Waals surface area contributed by atoms with Gasteiger partial charge in [-0.2, -0.15) is 4.72 Å². The van der Waals surface area contributed by atoms with Crippen LogP contribution in [0.15, 0.2) is 23.1 Å². The number of hydrogen-bond donors (Lipinski definition) is 2. The quantitative estimate of drug-likeness (QED) is 0.596. The first-order chi connectivity index (χ1) is 9.72. The molecule has 1 unspecified atom stereocenters. The highest BCUT2D eigenvalue weighted by atomic mass is 32.2. The van der Waals surface area contributed by atoms with Crippen molar-refractivity contribution < 1.29 is 23.2 Å². The zero-order valence-corrected chi connectivity index (χ0v) is 12.0. The van der Waals surface area contributed by atoms with Crippen molar-refractivity contribution in [3.05, 3.63) is 33.9 Å². The summed E-state index contributed by atoms with van der Waals surface area (Å²) in [4.78, 5) is 20.9. The Labute approximate surface area is 121 Å². The Balaban J connectivity index is 2.36. The highest BCUT2D eigenvalue weighted by Gasteiger charge is 2.39. The van der Waals surface area contributed by atoms with Crippen molar-refractivity contribution in [3.8, 4) is 0 Å². The minimum atomic E-state index is -4.13. The second-order valence-electron chi connectivity index (χ2n) is 4.98. The Kier molecular flexibility index (Phi) is 3.97. The van der Waals surface area contributed by atoms with Crippen molar-refractivity contribution in [3.63, 3.8) is 0 Å². The number of nitro benzene ring substituents is 1. The fourth-order valence-electron chi connectivity index (χ4n) is 2.00. The highest BCUT2D eigenvalue weighted by Crippen LogP contribution is 2.34. The number of nitro groups is 1. The molecule has 1 atom stereocenters. The monoisotopic (exact) mass is 314 g/mol. The number of aryl methyl sites for hydroxylation is 1. The number of aliphatic carboxylic acids is 1. The van der Waals surface area contributed by atoms with E-state index in [9.17, 15) is 23.3 Å². The van der Waals surface area contributed by atoms with Gasteiger partial charge < -0.3 is 5.11 Å². The molecule has 0 heterocycles. The van der Waals surface area contributed by atoms with Crippen LogP contribution < -0.4 is 4.72 Å². The highest BCUT2D eigenvalue weighted by molar-refractivity contribution is 7.89. The van der Waals surface area contributed by atoms with Crippen LogP contribution in [0, 0.1) is 23.0 Å². The largest absolute Gasteiger partial charge is 0.480 e. The minimum absolute atomic E-state index is 0.226. The summed E-state index contributed by atoms with van der Waals surface area (Å²) in [7, 11) is -4.13. The molecule has 0 amide bonds. The third-order valence-electron chi connectivity index (χ3n) is 3.31. The van der Waals surface area contributed by atoms with E-state index in [0.29, 0.717) is 18.4 Å². The number of non-ortho nitro benzene ring substituents is 1. The summed E-state index contributed by atoms with van der Waals surface area (Å²) in [6.45, 7) is 1.49. The molecule has 2 N–H and O–H groups in total. The molecule has 1 aromatic carbocycles. The maximum absolute atomic E-state index is 12.3. The van der Waals surface area contributed by atoms with Crippen molar-refractivity contribution in [2.75, 3.05) is 0 Å². The molecule has 1 aromatic rings. The summed E-state index contributed by atoms with van der Waals surface area (Å²) >= 11 is 0. The lowest BCUT2D eigenvalue weighted by molar-refractivity contribution is -0.385. The van der Waals surface area contributed by atoms with Crippen molar-refractivity contribution >= 4 is 21.7 Å². The van der Waals surface area contributed by atoms with Crippen LogP contribution in [-0.4, -0.2) is 30.5 Å². The van der Waals surface area contributed by atoms with E-state index in [-0.39, 0.29) is 16.5 Å². The average molecular weight is 314 g/mol. The van der Waals surface area contributed by atoms with Gasteiger partial charge in [0, 0.05) is 12.1 Å². The zero-order valence-electron chi connectivity index (χ0n) is 11.1. The van der Waals surface area contributed by atoms with E-state index in [0.717, 1.165) is 6.07 Å². The normalized spacial score (nSPS) is 16.4. The van der Waals surface area contributed by atoms with Gasteiger partial charge in [0.05, 0.1) is 9.82 Å². The predicted molar refractivity (Wildman–Crippen MR) is 72.3 cm³/mol. The zero-order chi connectivity index (χ0) is 15.8. The van der Waals surface area contributed by atoms with Crippen molar-refractivity contribution in [1.82, 2.24) is 4.72 Å². The van der Waals surface area contributed by atoms with Crippen LogP contribution in [0.25, 0.3) is 0 Å². The number of hydrogen-bond acceptors (Lipinski definition) is 5. The molecule has 0 aliphatic heterocycles.